The Labute approximate surface area is 114 Å². The Bertz CT molecular complexity index is 428. The lowest BCUT2D eigenvalue weighted by molar-refractivity contribution is -0.140. The van der Waals surface area contributed by atoms with Crippen LogP contribution in [0, 0.1) is 17.8 Å². The Hall–Kier alpha value is -1.38. The van der Waals surface area contributed by atoms with Gasteiger partial charge in [0.25, 0.3) is 0 Å². The molecule has 3 aliphatic rings. The molecule has 3 atom stereocenters. The fourth-order valence-corrected chi connectivity index (χ4v) is 3.69. The lowest BCUT2D eigenvalue weighted by atomic mass is 9.81. The highest BCUT2D eigenvalue weighted by Gasteiger charge is 2.48. The van der Waals surface area contributed by atoms with E-state index in [1.165, 1.54) is 4.90 Å². The Balaban J connectivity index is 1.74. The highest BCUT2D eigenvalue weighted by atomic mass is 16.2. The molecule has 19 heavy (non-hydrogen) atoms. The maximum Gasteiger partial charge on any atom is 0.233 e. The first-order chi connectivity index (χ1) is 9.18. The number of hydrogen-bond donors (Lipinski definition) is 0. The van der Waals surface area contributed by atoms with Crippen molar-refractivity contribution in [2.24, 2.45) is 17.8 Å². The van der Waals surface area contributed by atoms with E-state index in [-0.39, 0.29) is 29.6 Å². The molecule has 2 aliphatic carbocycles. The fourth-order valence-electron chi connectivity index (χ4n) is 3.69. The summed E-state index contributed by atoms with van der Waals surface area (Å²) in [6.45, 7) is 4.59. The van der Waals surface area contributed by atoms with Crippen molar-refractivity contribution in [3.8, 4) is 0 Å². The largest absolute Gasteiger partial charge is 0.281 e. The van der Waals surface area contributed by atoms with Crippen molar-refractivity contribution in [3.63, 3.8) is 0 Å². The highest BCUT2D eigenvalue weighted by Crippen LogP contribution is 2.39. The van der Waals surface area contributed by atoms with E-state index in [2.05, 4.69) is 12.7 Å². The van der Waals surface area contributed by atoms with Crippen LogP contribution in [0.4, 0.5) is 0 Å². The fraction of sp³-hybridized carbons (Fsp3) is 0.625. The third-order valence-electron chi connectivity index (χ3n) is 4.87. The molecule has 0 aromatic rings. The van der Waals surface area contributed by atoms with Crippen molar-refractivity contribution in [2.75, 3.05) is 6.54 Å². The topological polar surface area (TPSA) is 37.4 Å². The molecule has 3 rings (SSSR count). The first-order valence-corrected chi connectivity index (χ1v) is 7.39. The number of fused-ring (bicyclic) bond motifs is 1. The molecule has 1 heterocycles. The maximum absolute atomic E-state index is 12.4. The summed E-state index contributed by atoms with van der Waals surface area (Å²) in [6.07, 6.45) is 10.2. The van der Waals surface area contributed by atoms with Crippen molar-refractivity contribution in [3.05, 3.63) is 24.3 Å². The Morgan fingerprint density at radius 3 is 2.32 bits per heavy atom. The number of hydrogen-bond acceptors (Lipinski definition) is 2. The van der Waals surface area contributed by atoms with Gasteiger partial charge in [0.15, 0.2) is 0 Å². The van der Waals surface area contributed by atoms with Crippen molar-refractivity contribution in [2.45, 2.75) is 38.5 Å². The minimum Gasteiger partial charge on any atom is -0.281 e. The summed E-state index contributed by atoms with van der Waals surface area (Å²) in [5, 5.41) is 0. The molecular weight excluding hydrogens is 238 g/mol. The summed E-state index contributed by atoms with van der Waals surface area (Å²) in [7, 11) is 0. The van der Waals surface area contributed by atoms with E-state index in [0.717, 1.165) is 44.1 Å². The monoisotopic (exact) mass is 259 g/mol. The van der Waals surface area contributed by atoms with Gasteiger partial charge in [-0.1, -0.05) is 37.1 Å². The third kappa shape index (κ3) is 2.15. The molecule has 2 fully saturated rings. The lowest BCUT2D eigenvalue weighted by Crippen LogP contribution is -2.36. The van der Waals surface area contributed by atoms with Crippen LogP contribution in [0.25, 0.3) is 0 Å². The molecule has 0 spiro atoms. The van der Waals surface area contributed by atoms with Gasteiger partial charge in [0, 0.05) is 12.5 Å². The molecule has 1 saturated carbocycles. The molecule has 2 amide bonds. The number of carbonyl (C=O) groups excluding carboxylic acids is 2. The van der Waals surface area contributed by atoms with E-state index >= 15 is 0 Å². The predicted molar refractivity (Wildman–Crippen MR) is 73.2 cm³/mol. The van der Waals surface area contributed by atoms with Gasteiger partial charge in [0.2, 0.25) is 11.8 Å². The van der Waals surface area contributed by atoms with Crippen LogP contribution in [0.1, 0.15) is 38.5 Å². The van der Waals surface area contributed by atoms with Gasteiger partial charge >= 0.3 is 0 Å². The van der Waals surface area contributed by atoms with Crippen LogP contribution in [0.15, 0.2) is 24.3 Å². The van der Waals surface area contributed by atoms with E-state index in [0.29, 0.717) is 6.54 Å². The molecular formula is C16H21NO2. The van der Waals surface area contributed by atoms with Crippen LogP contribution in [-0.2, 0) is 9.59 Å². The van der Waals surface area contributed by atoms with Crippen LogP contribution in [0.2, 0.25) is 0 Å². The maximum atomic E-state index is 12.4. The quantitative estimate of drug-likeness (QED) is 0.715. The second-order valence-corrected chi connectivity index (χ2v) is 6.04. The summed E-state index contributed by atoms with van der Waals surface area (Å²) in [5.41, 5.74) is 1.06. The third-order valence-corrected chi connectivity index (χ3v) is 4.87. The molecule has 1 aliphatic heterocycles. The number of carbonyl (C=O) groups is 2. The SMILES string of the molecule is C=C1C=CCCC1CN1C(=O)C2CCCCC2C1=O. The molecule has 3 heteroatoms. The number of amides is 2. The molecule has 0 N–H and O–H groups in total. The van der Waals surface area contributed by atoms with Gasteiger partial charge < -0.3 is 0 Å². The smallest absolute Gasteiger partial charge is 0.233 e. The van der Waals surface area contributed by atoms with Gasteiger partial charge in [0.05, 0.1) is 11.8 Å². The Morgan fingerprint density at radius 2 is 1.74 bits per heavy atom. The minimum atomic E-state index is -0.0198. The standard InChI is InChI=1S/C16H21NO2/c1-11-6-2-3-7-12(11)10-17-15(18)13-8-4-5-9-14(13)16(17)19/h2,6,12-14H,1,3-5,7-10H2. The summed E-state index contributed by atoms with van der Waals surface area (Å²) in [4.78, 5) is 26.3. The van der Waals surface area contributed by atoms with Crippen LogP contribution in [-0.4, -0.2) is 23.3 Å². The molecule has 102 valence electrons. The average molecular weight is 259 g/mol. The number of rotatable bonds is 2. The zero-order chi connectivity index (χ0) is 13.4. The van der Waals surface area contributed by atoms with Crippen LogP contribution in [0.3, 0.4) is 0 Å². The van der Waals surface area contributed by atoms with E-state index < -0.39 is 0 Å². The van der Waals surface area contributed by atoms with E-state index in [1.807, 2.05) is 6.08 Å². The van der Waals surface area contributed by atoms with Crippen LogP contribution in [0.5, 0.6) is 0 Å². The lowest BCUT2D eigenvalue weighted by Gasteiger charge is -2.25. The van der Waals surface area contributed by atoms with E-state index in [4.69, 9.17) is 0 Å². The molecule has 0 aromatic carbocycles. The Kier molecular flexibility index (Phi) is 3.29. The van der Waals surface area contributed by atoms with Crippen molar-refractivity contribution >= 4 is 11.8 Å². The zero-order valence-corrected chi connectivity index (χ0v) is 11.3. The minimum absolute atomic E-state index is 0.0198. The number of imide groups is 1. The van der Waals surface area contributed by atoms with Gasteiger partial charge in [-0.25, -0.2) is 0 Å². The number of nitrogens with zero attached hydrogens (tertiary/aromatic N) is 1. The van der Waals surface area contributed by atoms with Gasteiger partial charge in [-0.15, -0.1) is 0 Å². The van der Waals surface area contributed by atoms with Gasteiger partial charge in [-0.3, -0.25) is 14.5 Å². The van der Waals surface area contributed by atoms with Crippen LogP contribution >= 0.6 is 0 Å². The zero-order valence-electron chi connectivity index (χ0n) is 11.3. The van der Waals surface area contributed by atoms with Crippen LogP contribution < -0.4 is 0 Å². The predicted octanol–water partition coefficient (Wildman–Crippen LogP) is 2.68. The number of allylic oxidation sites excluding steroid dienone is 2. The van der Waals surface area contributed by atoms with Gasteiger partial charge in [-0.05, 0) is 25.7 Å². The van der Waals surface area contributed by atoms with E-state index in [9.17, 15) is 9.59 Å². The summed E-state index contributed by atoms with van der Waals surface area (Å²) < 4.78 is 0. The molecule has 1 saturated heterocycles. The number of likely N-dealkylation sites (tertiary alicyclic amines) is 1. The first-order valence-electron chi connectivity index (χ1n) is 7.39. The second-order valence-electron chi connectivity index (χ2n) is 6.04. The molecule has 0 bridgehead atoms. The van der Waals surface area contributed by atoms with Gasteiger partial charge in [0.1, 0.15) is 0 Å². The van der Waals surface area contributed by atoms with Gasteiger partial charge in [-0.2, -0.15) is 0 Å². The van der Waals surface area contributed by atoms with E-state index in [1.54, 1.807) is 0 Å². The second kappa shape index (κ2) is 4.95. The average Bonchev–Trinajstić information content (AvgIpc) is 2.67. The first kappa shape index (κ1) is 12.6. The highest BCUT2D eigenvalue weighted by molar-refractivity contribution is 6.05. The molecule has 3 nitrogen and oxygen atoms in total. The van der Waals surface area contributed by atoms with Crippen molar-refractivity contribution in [1.82, 2.24) is 4.90 Å². The Morgan fingerprint density at radius 1 is 1.11 bits per heavy atom. The molecule has 0 aromatic heterocycles. The molecule has 3 unspecified atom stereocenters. The summed E-state index contributed by atoms with van der Waals surface area (Å²) in [5.74, 6) is 0.384. The normalized spacial score (nSPS) is 34.8. The summed E-state index contributed by atoms with van der Waals surface area (Å²) in [6, 6.07) is 0. The summed E-state index contributed by atoms with van der Waals surface area (Å²) >= 11 is 0. The van der Waals surface area contributed by atoms with Crippen molar-refractivity contribution in [1.29, 1.82) is 0 Å². The van der Waals surface area contributed by atoms with Crippen molar-refractivity contribution < 1.29 is 9.59 Å². The molecule has 0 radical (unpaired) electrons.